The van der Waals surface area contributed by atoms with Gasteiger partial charge in [0.2, 0.25) is 0 Å². The molecule has 0 spiro atoms. The number of ketones is 1. The van der Waals surface area contributed by atoms with Crippen LogP contribution in [0, 0.1) is 17.3 Å². The summed E-state index contributed by atoms with van der Waals surface area (Å²) in [7, 11) is 0.793. The summed E-state index contributed by atoms with van der Waals surface area (Å²) < 4.78 is 17.8. The molecule has 1 aromatic carbocycles. The standard InChI is InChI=1S/C24H33BN2O5/c1-23(2)16-12-19(23)24(3)20(13-16)31-25(32-24)21(27-22(29)17(26)14-30-4)11-10-18(28)15-8-6-5-7-9-15/h5-9,14,16,19-21H,10-13,26H2,1-4H3,(H,27,29)/t16-,19-,20+,21-,24-/m0/s1. The van der Waals surface area contributed by atoms with Gasteiger partial charge in [-0.1, -0.05) is 44.2 Å². The molecule has 0 aromatic heterocycles. The average Bonchev–Trinajstić information content (AvgIpc) is 3.13. The smallest absolute Gasteiger partial charge is 0.481 e. The Bertz CT molecular complexity index is 905. The second-order valence-corrected chi connectivity index (χ2v) is 10.1. The molecule has 5 rings (SSSR count). The number of hydrogen-bond acceptors (Lipinski definition) is 6. The molecule has 4 aliphatic rings. The van der Waals surface area contributed by atoms with Gasteiger partial charge in [0.15, 0.2) is 5.78 Å². The Labute approximate surface area is 190 Å². The number of nitrogens with two attached hydrogens (primary N) is 1. The van der Waals surface area contributed by atoms with E-state index in [4.69, 9.17) is 19.8 Å². The Morgan fingerprint density at radius 2 is 2.00 bits per heavy atom. The van der Waals surface area contributed by atoms with Crippen molar-refractivity contribution in [1.29, 1.82) is 0 Å². The van der Waals surface area contributed by atoms with Crippen molar-refractivity contribution in [1.82, 2.24) is 5.32 Å². The van der Waals surface area contributed by atoms with Crippen LogP contribution >= 0.6 is 0 Å². The number of benzene rings is 1. The second-order valence-electron chi connectivity index (χ2n) is 10.1. The van der Waals surface area contributed by atoms with E-state index >= 15 is 0 Å². The molecule has 3 N–H and O–H groups in total. The number of hydrogen-bond donors (Lipinski definition) is 2. The summed E-state index contributed by atoms with van der Waals surface area (Å²) in [4.78, 5) is 25.3. The van der Waals surface area contributed by atoms with E-state index in [0.29, 0.717) is 23.8 Å². The topological polar surface area (TPSA) is 99.9 Å². The predicted octanol–water partition coefficient (Wildman–Crippen LogP) is 2.85. The van der Waals surface area contributed by atoms with Crippen LogP contribution in [-0.4, -0.2) is 43.6 Å². The van der Waals surface area contributed by atoms with E-state index in [1.807, 2.05) is 18.2 Å². The number of carbonyl (C=O) groups excluding carboxylic acids is 2. The number of ether oxygens (including phenoxy) is 1. The van der Waals surface area contributed by atoms with Crippen molar-refractivity contribution in [3.63, 3.8) is 0 Å². The Balaban J connectivity index is 1.50. The van der Waals surface area contributed by atoms with Gasteiger partial charge in [-0.15, -0.1) is 0 Å². The zero-order chi connectivity index (χ0) is 23.1. The number of methoxy groups -OCH3 is 1. The average molecular weight is 440 g/mol. The van der Waals surface area contributed by atoms with Gasteiger partial charge in [0, 0.05) is 12.0 Å². The molecule has 7 nitrogen and oxygen atoms in total. The van der Waals surface area contributed by atoms with Gasteiger partial charge in [-0.25, -0.2) is 0 Å². The minimum atomic E-state index is -0.636. The highest BCUT2D eigenvalue weighted by Crippen LogP contribution is 2.65. The lowest BCUT2D eigenvalue weighted by Gasteiger charge is -2.64. The van der Waals surface area contributed by atoms with Crippen molar-refractivity contribution < 1.29 is 23.6 Å². The molecule has 32 heavy (non-hydrogen) atoms. The van der Waals surface area contributed by atoms with Crippen LogP contribution in [0.1, 0.15) is 56.8 Å². The van der Waals surface area contributed by atoms with E-state index in [1.54, 1.807) is 12.1 Å². The Kier molecular flexibility index (Phi) is 6.11. The van der Waals surface area contributed by atoms with Gasteiger partial charge in [-0.2, -0.15) is 0 Å². The molecule has 1 heterocycles. The van der Waals surface area contributed by atoms with Crippen molar-refractivity contribution in [2.45, 2.75) is 64.1 Å². The SMILES string of the molecule is COC=C(N)C(=O)N[C@@H](CCC(=O)c1ccccc1)B1O[C@@H]2C[C@@H]3C[C@@H](C3(C)C)[C@]2(C)O1. The lowest BCUT2D eigenvalue weighted by atomic mass is 9.43. The number of carbonyl (C=O) groups is 2. The molecule has 2 bridgehead atoms. The van der Waals surface area contributed by atoms with E-state index in [2.05, 4.69) is 26.1 Å². The van der Waals surface area contributed by atoms with Crippen molar-refractivity contribution in [3.8, 4) is 0 Å². The van der Waals surface area contributed by atoms with Crippen LogP contribution < -0.4 is 11.1 Å². The lowest BCUT2D eigenvalue weighted by Crippen LogP contribution is -2.65. The fourth-order valence-electron chi connectivity index (χ4n) is 5.83. The number of rotatable bonds is 8. The number of amides is 1. The highest BCUT2D eigenvalue weighted by Gasteiger charge is 2.68. The third kappa shape index (κ3) is 3.95. The first-order valence-corrected chi connectivity index (χ1v) is 11.4. The van der Waals surface area contributed by atoms with Gasteiger partial charge in [0.05, 0.1) is 24.8 Å². The van der Waals surface area contributed by atoms with E-state index in [-0.39, 0.29) is 29.4 Å². The molecule has 0 unspecified atom stereocenters. The molecule has 8 heteroatoms. The van der Waals surface area contributed by atoms with Gasteiger partial charge < -0.3 is 25.1 Å². The summed E-state index contributed by atoms with van der Waals surface area (Å²) in [5, 5.41) is 2.91. The maximum atomic E-state index is 12.7. The fraction of sp³-hybridized carbons (Fsp3) is 0.583. The van der Waals surface area contributed by atoms with Crippen molar-refractivity contribution in [2.75, 3.05) is 7.11 Å². The zero-order valence-electron chi connectivity index (χ0n) is 19.3. The van der Waals surface area contributed by atoms with Crippen LogP contribution in [-0.2, 0) is 18.8 Å². The molecule has 1 aliphatic heterocycles. The maximum Gasteiger partial charge on any atom is 0.481 e. The molecule has 0 radical (unpaired) electrons. The zero-order valence-corrected chi connectivity index (χ0v) is 19.3. The van der Waals surface area contributed by atoms with Gasteiger partial charge in [0.25, 0.3) is 5.91 Å². The van der Waals surface area contributed by atoms with E-state index in [9.17, 15) is 9.59 Å². The Morgan fingerprint density at radius 1 is 1.28 bits per heavy atom. The number of Topliss-reactive ketones (excluding diaryl/α,β-unsaturated/α-hetero) is 1. The molecule has 4 fully saturated rings. The summed E-state index contributed by atoms with van der Waals surface area (Å²) in [6, 6.07) is 9.14. The van der Waals surface area contributed by atoms with Gasteiger partial charge in [-0.3, -0.25) is 9.59 Å². The minimum Gasteiger partial charge on any atom is -0.502 e. The van der Waals surface area contributed by atoms with Gasteiger partial charge >= 0.3 is 7.12 Å². The van der Waals surface area contributed by atoms with Crippen molar-refractivity contribution >= 4 is 18.8 Å². The van der Waals surface area contributed by atoms with Crippen LogP contribution in [0.4, 0.5) is 0 Å². The highest BCUT2D eigenvalue weighted by molar-refractivity contribution is 6.48. The van der Waals surface area contributed by atoms with Crippen molar-refractivity contribution in [2.24, 2.45) is 23.0 Å². The summed E-state index contributed by atoms with van der Waals surface area (Å²) in [6.07, 6.45) is 3.90. The summed E-state index contributed by atoms with van der Waals surface area (Å²) >= 11 is 0. The van der Waals surface area contributed by atoms with Crippen LogP contribution in [0.15, 0.2) is 42.3 Å². The summed E-state index contributed by atoms with van der Waals surface area (Å²) in [5.41, 5.74) is 6.23. The molecule has 3 aliphatic carbocycles. The van der Waals surface area contributed by atoms with E-state index in [0.717, 1.165) is 12.8 Å². The molecule has 1 saturated heterocycles. The predicted molar refractivity (Wildman–Crippen MR) is 121 cm³/mol. The molecule has 1 aromatic rings. The summed E-state index contributed by atoms with van der Waals surface area (Å²) in [5.74, 6) is 0.0586. The third-order valence-electron chi connectivity index (χ3n) is 7.90. The first kappa shape index (κ1) is 22.9. The Hall–Kier alpha value is -2.32. The molecule has 1 amide bonds. The molecule has 172 valence electrons. The minimum absolute atomic E-state index is 0.00951. The largest absolute Gasteiger partial charge is 0.502 e. The van der Waals surface area contributed by atoms with Crippen LogP contribution in [0.25, 0.3) is 0 Å². The normalized spacial score (nSPS) is 31.3. The fourth-order valence-corrected chi connectivity index (χ4v) is 5.83. The molecular weight excluding hydrogens is 407 g/mol. The Morgan fingerprint density at radius 3 is 2.66 bits per heavy atom. The van der Waals surface area contributed by atoms with Gasteiger partial charge in [0.1, 0.15) is 12.0 Å². The van der Waals surface area contributed by atoms with E-state index < -0.39 is 24.6 Å². The van der Waals surface area contributed by atoms with Crippen molar-refractivity contribution in [3.05, 3.63) is 47.9 Å². The lowest BCUT2D eigenvalue weighted by molar-refractivity contribution is -0.199. The summed E-state index contributed by atoms with van der Waals surface area (Å²) in [6.45, 7) is 6.74. The number of nitrogens with one attached hydrogen (secondary N) is 1. The maximum absolute atomic E-state index is 12.7. The highest BCUT2D eigenvalue weighted by atomic mass is 16.7. The molecule has 3 saturated carbocycles. The second kappa shape index (κ2) is 8.56. The third-order valence-corrected chi connectivity index (χ3v) is 7.90. The van der Waals surface area contributed by atoms with Crippen LogP contribution in [0.5, 0.6) is 0 Å². The van der Waals surface area contributed by atoms with Crippen LogP contribution in [0.2, 0.25) is 0 Å². The van der Waals surface area contributed by atoms with Gasteiger partial charge in [-0.05, 0) is 43.4 Å². The quantitative estimate of drug-likeness (QED) is 0.279. The first-order chi connectivity index (χ1) is 15.2. The molecule has 5 atom stereocenters. The van der Waals surface area contributed by atoms with Crippen LogP contribution in [0.3, 0.4) is 0 Å². The molecular formula is C24H33BN2O5. The monoisotopic (exact) mass is 440 g/mol. The van der Waals surface area contributed by atoms with E-state index in [1.165, 1.54) is 13.4 Å². The first-order valence-electron chi connectivity index (χ1n) is 11.4.